The van der Waals surface area contributed by atoms with Crippen LogP contribution in [0, 0.1) is 0 Å². The summed E-state index contributed by atoms with van der Waals surface area (Å²) in [6.07, 6.45) is 4.16. The van der Waals surface area contributed by atoms with Crippen LogP contribution in [0.5, 0.6) is 0 Å². The molecular weight excluding hydrogens is 148 g/mol. The van der Waals surface area contributed by atoms with E-state index in [1.807, 2.05) is 11.2 Å². The van der Waals surface area contributed by atoms with Gasteiger partial charge in [0, 0.05) is 19.3 Å². The lowest BCUT2D eigenvalue weighted by Crippen LogP contribution is -2.34. The Morgan fingerprint density at radius 3 is 2.60 bits per heavy atom. The monoisotopic (exact) mass is 160 g/mol. The number of urea groups is 1. The van der Waals surface area contributed by atoms with Gasteiger partial charge in [-0.2, -0.15) is 0 Å². The molecule has 1 N–H and O–H groups in total. The van der Waals surface area contributed by atoms with E-state index < -0.39 is 0 Å². The Hall–Kier alpha value is -0.380. The van der Waals surface area contributed by atoms with Gasteiger partial charge in [0.25, 0.3) is 0 Å². The second-order valence-corrected chi connectivity index (χ2v) is 2.92. The minimum absolute atomic E-state index is 0.0602. The van der Waals surface area contributed by atoms with Gasteiger partial charge < -0.3 is 4.90 Å². The number of carbonyl (C=O) groups is 1. The molecule has 1 heterocycles. The number of likely N-dealkylation sites (tertiary alicyclic amines) is 1. The van der Waals surface area contributed by atoms with Crippen LogP contribution >= 0.6 is 11.9 Å². The van der Waals surface area contributed by atoms with E-state index in [0.29, 0.717) is 0 Å². The Kier molecular flexibility index (Phi) is 2.86. The molecule has 10 heavy (non-hydrogen) atoms. The number of nitrogens with zero attached hydrogens (tertiary/aromatic N) is 1. The van der Waals surface area contributed by atoms with E-state index >= 15 is 0 Å². The lowest BCUT2D eigenvalue weighted by Gasteiger charge is -2.13. The van der Waals surface area contributed by atoms with Crippen molar-refractivity contribution >= 4 is 18.0 Å². The van der Waals surface area contributed by atoms with E-state index in [2.05, 4.69) is 4.72 Å². The average molecular weight is 160 g/mol. The van der Waals surface area contributed by atoms with Crippen molar-refractivity contribution in [1.29, 1.82) is 0 Å². The van der Waals surface area contributed by atoms with E-state index in [0.717, 1.165) is 25.9 Å². The van der Waals surface area contributed by atoms with Crippen LogP contribution in [0.15, 0.2) is 0 Å². The van der Waals surface area contributed by atoms with E-state index in [1.54, 1.807) is 0 Å². The first kappa shape index (κ1) is 7.72. The van der Waals surface area contributed by atoms with Gasteiger partial charge in [-0.1, -0.05) is 11.9 Å². The number of carbonyl (C=O) groups excluding carboxylic acids is 1. The summed E-state index contributed by atoms with van der Waals surface area (Å²) < 4.78 is 2.69. The Morgan fingerprint density at radius 2 is 2.10 bits per heavy atom. The predicted molar refractivity (Wildman–Crippen MR) is 42.9 cm³/mol. The molecule has 1 aliphatic rings. The molecule has 1 fully saturated rings. The van der Waals surface area contributed by atoms with E-state index in [1.165, 1.54) is 11.9 Å². The summed E-state index contributed by atoms with van der Waals surface area (Å²) in [5.74, 6) is 0. The highest BCUT2D eigenvalue weighted by atomic mass is 32.2. The molecule has 0 radical (unpaired) electrons. The number of hydrogen-bond donors (Lipinski definition) is 1. The third kappa shape index (κ3) is 1.80. The first-order valence-corrected chi connectivity index (χ1v) is 4.65. The molecule has 3 nitrogen and oxygen atoms in total. The molecule has 0 aromatic rings. The molecule has 0 spiro atoms. The number of amides is 2. The van der Waals surface area contributed by atoms with Crippen LogP contribution in [0.4, 0.5) is 4.79 Å². The van der Waals surface area contributed by atoms with Gasteiger partial charge >= 0.3 is 6.03 Å². The van der Waals surface area contributed by atoms with Crippen molar-refractivity contribution in [2.75, 3.05) is 19.3 Å². The molecule has 0 atom stereocenters. The third-order valence-electron chi connectivity index (χ3n) is 1.58. The first-order valence-electron chi connectivity index (χ1n) is 3.42. The minimum Gasteiger partial charge on any atom is -0.324 e. The standard InChI is InChI=1S/C6H12N2OS/c1-10-7-6(9)8-4-2-3-5-8/h2-5H2,1H3,(H,7,9). The molecule has 0 bridgehead atoms. The van der Waals surface area contributed by atoms with Gasteiger partial charge in [0.05, 0.1) is 0 Å². The summed E-state index contributed by atoms with van der Waals surface area (Å²) in [7, 11) is 0. The Bertz CT molecular complexity index is 123. The largest absolute Gasteiger partial charge is 0.327 e. The SMILES string of the molecule is CSNC(=O)N1CCCC1. The van der Waals surface area contributed by atoms with Crippen LogP contribution in [0.1, 0.15) is 12.8 Å². The van der Waals surface area contributed by atoms with Crippen molar-refractivity contribution in [3.63, 3.8) is 0 Å². The number of rotatable bonds is 1. The van der Waals surface area contributed by atoms with E-state index in [9.17, 15) is 4.79 Å². The molecule has 1 saturated heterocycles. The van der Waals surface area contributed by atoms with Gasteiger partial charge in [-0.3, -0.25) is 4.72 Å². The molecule has 58 valence electrons. The quantitative estimate of drug-likeness (QED) is 0.582. The summed E-state index contributed by atoms with van der Waals surface area (Å²) in [5.41, 5.74) is 0. The maximum atomic E-state index is 11.0. The van der Waals surface area contributed by atoms with E-state index in [4.69, 9.17) is 0 Å². The van der Waals surface area contributed by atoms with Crippen LogP contribution in [0.3, 0.4) is 0 Å². The third-order valence-corrected chi connectivity index (χ3v) is 1.96. The summed E-state index contributed by atoms with van der Waals surface area (Å²) in [6, 6.07) is 0.0602. The Morgan fingerprint density at radius 1 is 1.50 bits per heavy atom. The molecular formula is C6H12N2OS. The van der Waals surface area contributed by atoms with Gasteiger partial charge in [0.1, 0.15) is 0 Å². The van der Waals surface area contributed by atoms with Crippen molar-refractivity contribution < 1.29 is 4.79 Å². The second-order valence-electron chi connectivity index (χ2n) is 2.31. The molecule has 1 rings (SSSR count). The summed E-state index contributed by atoms with van der Waals surface area (Å²) >= 11 is 1.36. The Balaban J connectivity index is 2.25. The van der Waals surface area contributed by atoms with Crippen molar-refractivity contribution in [2.24, 2.45) is 0 Å². The van der Waals surface area contributed by atoms with Gasteiger partial charge in [-0.15, -0.1) is 0 Å². The minimum atomic E-state index is 0.0602. The summed E-state index contributed by atoms with van der Waals surface area (Å²) in [4.78, 5) is 12.9. The average Bonchev–Trinajstić information content (AvgIpc) is 2.38. The lowest BCUT2D eigenvalue weighted by atomic mass is 10.4. The fourth-order valence-electron chi connectivity index (χ4n) is 1.07. The lowest BCUT2D eigenvalue weighted by molar-refractivity contribution is 0.215. The zero-order chi connectivity index (χ0) is 7.40. The summed E-state index contributed by atoms with van der Waals surface area (Å²) in [5, 5.41) is 0. The topological polar surface area (TPSA) is 32.3 Å². The van der Waals surface area contributed by atoms with Crippen molar-refractivity contribution in [3.8, 4) is 0 Å². The molecule has 0 aliphatic carbocycles. The fraction of sp³-hybridized carbons (Fsp3) is 0.833. The molecule has 1 aliphatic heterocycles. The zero-order valence-corrected chi connectivity index (χ0v) is 6.91. The highest BCUT2D eigenvalue weighted by molar-refractivity contribution is 7.97. The summed E-state index contributed by atoms with van der Waals surface area (Å²) in [6.45, 7) is 1.85. The van der Waals surface area contributed by atoms with E-state index in [-0.39, 0.29) is 6.03 Å². The van der Waals surface area contributed by atoms with Crippen molar-refractivity contribution in [2.45, 2.75) is 12.8 Å². The van der Waals surface area contributed by atoms with Gasteiger partial charge in [0.2, 0.25) is 0 Å². The zero-order valence-electron chi connectivity index (χ0n) is 6.09. The highest BCUT2D eigenvalue weighted by Gasteiger charge is 2.16. The molecule has 0 unspecified atom stereocenters. The molecule has 0 saturated carbocycles. The first-order chi connectivity index (χ1) is 4.84. The Labute approximate surface area is 65.3 Å². The van der Waals surface area contributed by atoms with Crippen LogP contribution in [-0.2, 0) is 0 Å². The van der Waals surface area contributed by atoms with Crippen LogP contribution in [0.25, 0.3) is 0 Å². The van der Waals surface area contributed by atoms with Gasteiger partial charge in [0.15, 0.2) is 0 Å². The van der Waals surface area contributed by atoms with Crippen molar-refractivity contribution in [1.82, 2.24) is 9.62 Å². The maximum Gasteiger partial charge on any atom is 0.327 e. The maximum absolute atomic E-state index is 11.0. The van der Waals surface area contributed by atoms with Crippen LogP contribution in [-0.4, -0.2) is 30.3 Å². The van der Waals surface area contributed by atoms with Gasteiger partial charge in [-0.25, -0.2) is 4.79 Å². The number of nitrogens with one attached hydrogen (secondary N) is 1. The second kappa shape index (κ2) is 3.71. The molecule has 2 amide bonds. The number of hydrogen-bond acceptors (Lipinski definition) is 2. The fourth-order valence-corrected chi connectivity index (χ4v) is 1.38. The molecule has 0 aromatic heterocycles. The molecule has 0 aromatic carbocycles. The van der Waals surface area contributed by atoms with Crippen LogP contribution in [0.2, 0.25) is 0 Å². The normalized spacial score (nSPS) is 17.5. The van der Waals surface area contributed by atoms with Crippen LogP contribution < -0.4 is 4.72 Å². The molecule has 4 heteroatoms. The van der Waals surface area contributed by atoms with Gasteiger partial charge in [-0.05, 0) is 12.8 Å². The predicted octanol–water partition coefficient (Wildman–Crippen LogP) is 1.07. The highest BCUT2D eigenvalue weighted by Crippen LogP contribution is 2.07. The van der Waals surface area contributed by atoms with Crippen molar-refractivity contribution in [3.05, 3.63) is 0 Å². The smallest absolute Gasteiger partial charge is 0.324 e.